The van der Waals surface area contributed by atoms with Crippen LogP contribution < -0.4 is 3.71 Å². The molecule has 0 fully saturated rings. The van der Waals surface area contributed by atoms with Crippen LogP contribution in [0.2, 0.25) is 0 Å². The first-order valence-corrected chi connectivity index (χ1v) is 9.06. The van der Waals surface area contributed by atoms with Crippen molar-refractivity contribution in [1.82, 2.24) is 0 Å². The minimum Gasteiger partial charge on any atom is -0.478 e. The highest BCUT2D eigenvalue weighted by molar-refractivity contribution is 8.44. The first-order valence-electron chi connectivity index (χ1n) is 6.05. The smallest absolute Gasteiger partial charge is 0.335 e. The molecular weight excluding hydrogens is 330 g/mol. The van der Waals surface area contributed by atoms with Gasteiger partial charge in [0.05, 0.1) is 11.3 Å². The third-order valence-electron chi connectivity index (χ3n) is 3.23. The van der Waals surface area contributed by atoms with Gasteiger partial charge in [0.2, 0.25) is 0 Å². The topological polar surface area (TPSA) is 121 Å². The van der Waals surface area contributed by atoms with Gasteiger partial charge in [0, 0.05) is 0 Å². The van der Waals surface area contributed by atoms with Crippen LogP contribution in [0, 0.1) is 0 Å². The van der Waals surface area contributed by atoms with Crippen molar-refractivity contribution < 1.29 is 28.1 Å². The number of hydrogen-bond acceptors (Lipinski definition) is 6. The predicted molar refractivity (Wildman–Crippen MR) is 84.6 cm³/mol. The predicted octanol–water partition coefficient (Wildman–Crippen LogP) is 3.95. The molecule has 2 aromatic carbocycles. The Morgan fingerprint density at radius 1 is 0.818 bits per heavy atom. The van der Waals surface area contributed by atoms with Crippen molar-refractivity contribution in [3.05, 3.63) is 54.1 Å². The largest absolute Gasteiger partial charge is 0.478 e. The number of carboxylic acid groups (broad SMARTS) is 1. The lowest BCUT2D eigenvalue weighted by atomic mass is 10.2. The monoisotopic (exact) mass is 343 g/mol. The molecule has 7 nitrogen and oxygen atoms in total. The Morgan fingerprint density at radius 3 is 1.68 bits per heavy atom. The number of aromatic carboxylic acids is 1. The number of carboxylic acids is 1. The van der Waals surface area contributed by atoms with Crippen LogP contribution in [0.4, 0.5) is 5.69 Å². The van der Waals surface area contributed by atoms with E-state index in [9.17, 15) is 23.0 Å². The summed E-state index contributed by atoms with van der Waals surface area (Å²) in [7, 11) is -7.23. The number of rotatable bonds is 2. The first-order chi connectivity index (χ1) is 10.3. The molecule has 22 heavy (non-hydrogen) atoms. The molecule has 0 bridgehead atoms. The average molecular weight is 343 g/mol. The van der Waals surface area contributed by atoms with E-state index >= 15 is 0 Å². The number of nitrogens with zero attached hydrogens (tertiary/aromatic N) is 1. The fourth-order valence-electron chi connectivity index (χ4n) is 2.25. The van der Waals surface area contributed by atoms with Crippen LogP contribution in [-0.4, -0.2) is 29.3 Å². The van der Waals surface area contributed by atoms with Gasteiger partial charge in [-0.1, -0.05) is 33.7 Å². The van der Waals surface area contributed by atoms with E-state index in [2.05, 4.69) is 0 Å². The second-order valence-electron chi connectivity index (χ2n) is 4.59. The number of carbonyl (C=O) groups is 1. The highest BCUT2D eigenvalue weighted by Crippen LogP contribution is 2.77. The van der Waals surface area contributed by atoms with Gasteiger partial charge in [-0.2, -0.15) is 3.71 Å². The van der Waals surface area contributed by atoms with Gasteiger partial charge in [0.15, 0.2) is 0 Å². The van der Waals surface area contributed by atoms with E-state index in [1.807, 2.05) is 0 Å². The third-order valence-corrected chi connectivity index (χ3v) is 7.84. The van der Waals surface area contributed by atoms with Crippen molar-refractivity contribution in [3.63, 3.8) is 0 Å². The molecule has 0 aliphatic carbocycles. The van der Waals surface area contributed by atoms with Gasteiger partial charge in [-0.15, -0.1) is 0 Å². The van der Waals surface area contributed by atoms with Crippen LogP contribution in [0.25, 0.3) is 0 Å². The molecule has 1 aliphatic heterocycles. The molecule has 0 saturated heterocycles. The molecular formula is C13H13NO6S2. The van der Waals surface area contributed by atoms with E-state index in [1.165, 1.54) is 36.4 Å². The number of hydrogen-bond donors (Lipinski definition) is 5. The van der Waals surface area contributed by atoms with Crippen molar-refractivity contribution in [2.75, 3.05) is 3.71 Å². The van der Waals surface area contributed by atoms with E-state index in [4.69, 9.17) is 5.11 Å². The maximum atomic E-state index is 10.9. The molecule has 0 radical (unpaired) electrons. The van der Waals surface area contributed by atoms with Gasteiger partial charge >= 0.3 is 5.97 Å². The summed E-state index contributed by atoms with van der Waals surface area (Å²) < 4.78 is 42.5. The second kappa shape index (κ2) is 4.88. The van der Waals surface area contributed by atoms with Crippen molar-refractivity contribution in [3.8, 4) is 0 Å². The number of benzene rings is 2. The summed E-state index contributed by atoms with van der Waals surface area (Å²) in [5.74, 6) is -1.13. The number of anilines is 1. The Bertz CT molecular complexity index is 711. The van der Waals surface area contributed by atoms with Crippen LogP contribution in [0.5, 0.6) is 0 Å². The summed E-state index contributed by atoms with van der Waals surface area (Å²) >= 11 is 0. The molecule has 0 saturated carbocycles. The van der Waals surface area contributed by atoms with E-state index in [0.29, 0.717) is 0 Å². The van der Waals surface area contributed by atoms with Crippen LogP contribution >= 0.6 is 21.6 Å². The van der Waals surface area contributed by atoms with Crippen LogP contribution in [-0.2, 0) is 0 Å². The summed E-state index contributed by atoms with van der Waals surface area (Å²) in [4.78, 5) is 11.0. The van der Waals surface area contributed by atoms with Gasteiger partial charge in [-0.05, 0) is 36.4 Å². The van der Waals surface area contributed by atoms with Crippen LogP contribution in [0.15, 0.2) is 58.3 Å². The van der Waals surface area contributed by atoms with Crippen molar-refractivity contribution in [2.24, 2.45) is 0 Å². The highest BCUT2D eigenvalue weighted by atomic mass is 32.4. The number of fused-ring (bicyclic) bond motifs is 1. The third kappa shape index (κ3) is 2.07. The molecule has 3 rings (SSSR count). The Balaban J connectivity index is 2.13. The summed E-state index contributed by atoms with van der Waals surface area (Å²) in [5, 5.41) is 8.89. The second-order valence-corrected chi connectivity index (χ2v) is 8.51. The quantitative estimate of drug-likeness (QED) is 0.559. The molecule has 0 atom stereocenters. The molecule has 118 valence electrons. The van der Waals surface area contributed by atoms with Gasteiger partial charge < -0.3 is 5.11 Å². The molecule has 5 N–H and O–H groups in total. The lowest BCUT2D eigenvalue weighted by Crippen LogP contribution is -2.24. The summed E-state index contributed by atoms with van der Waals surface area (Å²) in [6.45, 7) is 0. The molecule has 0 spiro atoms. The molecule has 1 aliphatic rings. The summed E-state index contributed by atoms with van der Waals surface area (Å²) in [5.41, 5.74) is 0.120. The Morgan fingerprint density at radius 2 is 1.27 bits per heavy atom. The first kappa shape index (κ1) is 15.2. The Kier molecular flexibility index (Phi) is 3.36. The van der Waals surface area contributed by atoms with Crippen molar-refractivity contribution >= 4 is 33.2 Å². The standard InChI is InChI=1S/C13H13NO6S2/c15-13(16)9-5-7-10(8-6-9)14-21(17,18)11-3-1-2-4-12(11)22(14,19)20/h1-8,17-20H,(H,15,16). The minimum absolute atomic E-state index is 0.00780. The van der Waals surface area contributed by atoms with E-state index in [-0.39, 0.29) is 21.0 Å². The van der Waals surface area contributed by atoms with Gasteiger partial charge in [0.1, 0.15) is 9.79 Å². The zero-order chi connectivity index (χ0) is 16.1. The molecule has 0 amide bonds. The van der Waals surface area contributed by atoms with Crippen molar-refractivity contribution in [2.45, 2.75) is 9.79 Å². The molecule has 2 aromatic rings. The maximum absolute atomic E-state index is 10.9. The normalized spacial score (nSPS) is 21.0. The zero-order valence-electron chi connectivity index (χ0n) is 11.0. The molecule has 0 aromatic heterocycles. The highest BCUT2D eigenvalue weighted by Gasteiger charge is 2.47. The van der Waals surface area contributed by atoms with Crippen molar-refractivity contribution in [1.29, 1.82) is 0 Å². The maximum Gasteiger partial charge on any atom is 0.335 e. The van der Waals surface area contributed by atoms with Crippen LogP contribution in [0.3, 0.4) is 0 Å². The Hall–Kier alpha value is -1.75. The zero-order valence-corrected chi connectivity index (χ0v) is 12.7. The SMILES string of the molecule is O=C(O)c1ccc(N2S(O)(O)c3ccccc3S2(O)O)cc1. The van der Waals surface area contributed by atoms with Gasteiger partial charge in [0.25, 0.3) is 0 Å². The van der Waals surface area contributed by atoms with E-state index < -0.39 is 27.5 Å². The molecule has 9 heteroatoms. The fraction of sp³-hybridized carbons (Fsp3) is 0. The summed E-state index contributed by atoms with van der Waals surface area (Å²) in [6.07, 6.45) is 0. The van der Waals surface area contributed by atoms with E-state index in [0.717, 1.165) is 3.71 Å². The minimum atomic E-state index is -3.62. The molecule has 0 unspecified atom stereocenters. The average Bonchev–Trinajstić information content (AvgIpc) is 2.63. The lowest BCUT2D eigenvalue weighted by Gasteiger charge is -2.45. The van der Waals surface area contributed by atoms with Gasteiger partial charge in [-0.3, -0.25) is 18.2 Å². The molecule has 1 heterocycles. The van der Waals surface area contributed by atoms with E-state index in [1.54, 1.807) is 12.1 Å². The summed E-state index contributed by atoms with van der Waals surface area (Å²) in [6, 6.07) is 11.1. The van der Waals surface area contributed by atoms with Gasteiger partial charge in [-0.25, -0.2) is 4.79 Å². The lowest BCUT2D eigenvalue weighted by molar-refractivity contribution is 0.0697. The fourth-order valence-corrected chi connectivity index (χ4v) is 6.94. The Labute approximate surface area is 129 Å². The van der Waals surface area contributed by atoms with Crippen LogP contribution in [0.1, 0.15) is 10.4 Å².